The predicted molar refractivity (Wildman–Crippen MR) is 58.8 cm³/mol. The molecular weight excluding hydrogens is 172 g/mol. The van der Waals surface area contributed by atoms with Gasteiger partial charge in [0.15, 0.2) is 0 Å². The molecule has 1 fully saturated rings. The van der Waals surface area contributed by atoms with E-state index in [1.807, 2.05) is 0 Å². The number of unbranched alkanes of at least 4 members (excludes halogenated alkanes) is 2. The Morgan fingerprint density at radius 1 is 1.14 bits per heavy atom. The van der Waals surface area contributed by atoms with Gasteiger partial charge in [-0.25, -0.2) is 0 Å². The van der Waals surface area contributed by atoms with Crippen molar-refractivity contribution in [3.8, 4) is 6.07 Å². The smallest absolute Gasteiger partial charge is 0.0621 e. The molecule has 0 unspecified atom stereocenters. The lowest BCUT2D eigenvalue weighted by Gasteiger charge is -2.04. The van der Waals surface area contributed by atoms with Gasteiger partial charge in [0.1, 0.15) is 0 Å². The normalized spacial score (nSPS) is 23.1. The van der Waals surface area contributed by atoms with Crippen LogP contribution in [0.15, 0.2) is 0 Å². The van der Waals surface area contributed by atoms with Crippen molar-refractivity contribution in [1.29, 1.82) is 5.26 Å². The summed E-state index contributed by atoms with van der Waals surface area (Å²) in [5, 5.41) is 12.0. The van der Waals surface area contributed by atoms with Crippen LogP contribution >= 0.6 is 0 Å². The molecule has 2 nitrogen and oxygen atoms in total. The first-order valence-corrected chi connectivity index (χ1v) is 5.55. The van der Waals surface area contributed by atoms with Crippen molar-refractivity contribution in [2.24, 2.45) is 10.8 Å². The van der Waals surface area contributed by atoms with Crippen LogP contribution in [0.25, 0.3) is 0 Å². The lowest BCUT2D eigenvalue weighted by Crippen LogP contribution is -2.23. The van der Waals surface area contributed by atoms with Crippen LogP contribution in [0, 0.1) is 22.2 Å². The summed E-state index contributed by atoms with van der Waals surface area (Å²) in [6.07, 6.45) is 2.84. The number of nitrogens with one attached hydrogen (secondary N) is 1. The highest BCUT2D eigenvalue weighted by Crippen LogP contribution is 2.62. The third-order valence-electron chi connectivity index (χ3n) is 4.08. The zero-order valence-corrected chi connectivity index (χ0v) is 9.85. The lowest BCUT2D eigenvalue weighted by atomic mass is 10.0. The average Bonchev–Trinajstić information content (AvgIpc) is 2.46. The first-order chi connectivity index (χ1) is 6.44. The Morgan fingerprint density at radius 2 is 1.71 bits per heavy atom. The zero-order chi connectivity index (χ0) is 10.8. The van der Waals surface area contributed by atoms with Crippen LogP contribution in [0.5, 0.6) is 0 Å². The molecule has 0 spiro atoms. The fourth-order valence-electron chi connectivity index (χ4n) is 2.28. The molecule has 0 radical (unpaired) electrons. The monoisotopic (exact) mass is 194 g/mol. The molecule has 1 aliphatic rings. The minimum absolute atomic E-state index is 0.433. The van der Waals surface area contributed by atoms with Crippen LogP contribution < -0.4 is 5.32 Å². The molecule has 0 aromatic carbocycles. The topological polar surface area (TPSA) is 35.8 Å². The number of nitriles is 1. The summed E-state index contributed by atoms with van der Waals surface area (Å²) in [7, 11) is 0. The van der Waals surface area contributed by atoms with E-state index in [-0.39, 0.29) is 0 Å². The van der Waals surface area contributed by atoms with Gasteiger partial charge in [0.2, 0.25) is 0 Å². The highest BCUT2D eigenvalue weighted by Gasteiger charge is 2.64. The molecule has 80 valence electrons. The quantitative estimate of drug-likeness (QED) is 0.683. The van der Waals surface area contributed by atoms with E-state index in [0.717, 1.165) is 19.4 Å². The number of hydrogen-bond donors (Lipinski definition) is 1. The predicted octanol–water partition coefficient (Wildman–Crippen LogP) is 2.70. The molecule has 1 rings (SSSR count). The van der Waals surface area contributed by atoms with Gasteiger partial charge in [-0.3, -0.25) is 0 Å². The number of nitrogens with zero attached hydrogens (tertiary/aromatic N) is 1. The van der Waals surface area contributed by atoms with E-state index in [4.69, 9.17) is 5.26 Å². The van der Waals surface area contributed by atoms with Crippen LogP contribution in [-0.4, -0.2) is 12.6 Å². The second-order valence-corrected chi connectivity index (χ2v) is 5.45. The third kappa shape index (κ3) is 1.93. The first-order valence-electron chi connectivity index (χ1n) is 5.55. The second kappa shape index (κ2) is 3.90. The van der Waals surface area contributed by atoms with E-state index in [9.17, 15) is 0 Å². The van der Waals surface area contributed by atoms with Crippen molar-refractivity contribution >= 4 is 0 Å². The lowest BCUT2D eigenvalue weighted by molar-refractivity contribution is 0.457. The molecule has 0 aliphatic heterocycles. The summed E-state index contributed by atoms with van der Waals surface area (Å²) in [6, 6.07) is 2.83. The molecular formula is C12H22N2. The molecule has 1 saturated carbocycles. The van der Waals surface area contributed by atoms with Gasteiger partial charge in [-0.05, 0) is 30.2 Å². The standard InChI is InChI=1S/C12H22N2/c1-11(2)10(12(11,3)4)14-9-7-5-6-8-13/h10,14H,5-7,9H2,1-4H3. The van der Waals surface area contributed by atoms with E-state index < -0.39 is 0 Å². The fraction of sp³-hybridized carbons (Fsp3) is 0.917. The van der Waals surface area contributed by atoms with E-state index in [1.54, 1.807) is 0 Å². The molecule has 0 atom stereocenters. The number of hydrogen-bond acceptors (Lipinski definition) is 2. The average molecular weight is 194 g/mol. The van der Waals surface area contributed by atoms with Crippen molar-refractivity contribution < 1.29 is 0 Å². The molecule has 0 aromatic heterocycles. The Balaban J connectivity index is 2.14. The van der Waals surface area contributed by atoms with Crippen LogP contribution in [0.2, 0.25) is 0 Å². The molecule has 14 heavy (non-hydrogen) atoms. The van der Waals surface area contributed by atoms with Crippen molar-refractivity contribution in [3.05, 3.63) is 0 Å². The van der Waals surface area contributed by atoms with Gasteiger partial charge in [0.25, 0.3) is 0 Å². The Morgan fingerprint density at radius 3 is 2.14 bits per heavy atom. The van der Waals surface area contributed by atoms with Crippen molar-refractivity contribution in [2.75, 3.05) is 6.54 Å². The molecule has 2 heteroatoms. The van der Waals surface area contributed by atoms with Gasteiger partial charge in [-0.1, -0.05) is 27.7 Å². The van der Waals surface area contributed by atoms with Crippen LogP contribution in [0.1, 0.15) is 47.0 Å². The van der Waals surface area contributed by atoms with E-state index >= 15 is 0 Å². The molecule has 1 aliphatic carbocycles. The Bertz CT molecular complexity index is 221. The van der Waals surface area contributed by atoms with Crippen LogP contribution in [0.4, 0.5) is 0 Å². The largest absolute Gasteiger partial charge is 0.313 e. The second-order valence-electron chi connectivity index (χ2n) is 5.45. The summed E-state index contributed by atoms with van der Waals surface area (Å²) >= 11 is 0. The highest BCUT2D eigenvalue weighted by atomic mass is 15.0. The van der Waals surface area contributed by atoms with Gasteiger partial charge in [-0.2, -0.15) is 5.26 Å². The van der Waals surface area contributed by atoms with E-state index in [0.29, 0.717) is 23.3 Å². The van der Waals surface area contributed by atoms with Crippen molar-refractivity contribution in [2.45, 2.75) is 53.0 Å². The molecule has 1 N–H and O–H groups in total. The van der Waals surface area contributed by atoms with E-state index in [1.165, 1.54) is 0 Å². The van der Waals surface area contributed by atoms with Crippen molar-refractivity contribution in [1.82, 2.24) is 5.32 Å². The molecule has 0 saturated heterocycles. The maximum atomic E-state index is 8.38. The van der Waals surface area contributed by atoms with Crippen LogP contribution in [0.3, 0.4) is 0 Å². The molecule has 0 amide bonds. The maximum Gasteiger partial charge on any atom is 0.0621 e. The maximum absolute atomic E-state index is 8.38. The third-order valence-corrected chi connectivity index (χ3v) is 4.08. The Kier molecular flexibility index (Phi) is 3.21. The van der Waals surface area contributed by atoms with Gasteiger partial charge in [0.05, 0.1) is 6.07 Å². The van der Waals surface area contributed by atoms with Gasteiger partial charge in [-0.15, -0.1) is 0 Å². The zero-order valence-electron chi connectivity index (χ0n) is 9.85. The Labute approximate surface area is 87.7 Å². The highest BCUT2D eigenvalue weighted by molar-refractivity contribution is 5.17. The van der Waals surface area contributed by atoms with Gasteiger partial charge < -0.3 is 5.32 Å². The van der Waals surface area contributed by atoms with E-state index in [2.05, 4.69) is 39.1 Å². The summed E-state index contributed by atoms with van der Waals surface area (Å²) < 4.78 is 0. The molecule has 0 aromatic rings. The molecule has 0 bridgehead atoms. The summed E-state index contributed by atoms with van der Waals surface area (Å²) in [5.74, 6) is 0. The minimum atomic E-state index is 0.433. The first kappa shape index (κ1) is 11.5. The SMILES string of the molecule is CC1(C)C(NCCCCC#N)C1(C)C. The number of rotatable bonds is 5. The summed E-state index contributed by atoms with van der Waals surface area (Å²) in [5.41, 5.74) is 0.866. The fourth-order valence-corrected chi connectivity index (χ4v) is 2.28. The van der Waals surface area contributed by atoms with Crippen molar-refractivity contribution in [3.63, 3.8) is 0 Å². The summed E-state index contributed by atoms with van der Waals surface area (Å²) in [4.78, 5) is 0. The molecule has 0 heterocycles. The van der Waals surface area contributed by atoms with Crippen LogP contribution in [-0.2, 0) is 0 Å². The summed E-state index contributed by atoms with van der Waals surface area (Å²) in [6.45, 7) is 10.3. The Hall–Kier alpha value is -0.550. The van der Waals surface area contributed by atoms with Gasteiger partial charge >= 0.3 is 0 Å². The minimum Gasteiger partial charge on any atom is -0.313 e. The van der Waals surface area contributed by atoms with Gasteiger partial charge in [0, 0.05) is 12.5 Å².